The molecule has 0 aromatic heterocycles. The molecular formula is C16H23Cl2N3OS. The maximum absolute atomic E-state index is 6.25. The van der Waals surface area contributed by atoms with Gasteiger partial charge >= 0.3 is 0 Å². The Hall–Kier alpha value is -0.590. The number of nitrogens with one attached hydrogen (secondary N) is 1. The first-order chi connectivity index (χ1) is 11.1. The molecule has 1 heterocycles. The summed E-state index contributed by atoms with van der Waals surface area (Å²) in [5.74, 6) is 0. The van der Waals surface area contributed by atoms with Crippen molar-refractivity contribution in [1.29, 1.82) is 0 Å². The second kappa shape index (κ2) is 9.64. The number of hydrogen-bond acceptors (Lipinski definition) is 3. The minimum Gasteiger partial charge on any atom is -0.385 e. The van der Waals surface area contributed by atoms with E-state index in [0.29, 0.717) is 5.02 Å². The van der Waals surface area contributed by atoms with Gasteiger partial charge in [-0.3, -0.25) is 4.90 Å². The zero-order valence-corrected chi connectivity index (χ0v) is 15.7. The van der Waals surface area contributed by atoms with E-state index in [1.54, 1.807) is 13.2 Å². The zero-order valence-electron chi connectivity index (χ0n) is 13.4. The third-order valence-electron chi connectivity index (χ3n) is 3.87. The highest BCUT2D eigenvalue weighted by atomic mass is 35.5. The van der Waals surface area contributed by atoms with Crippen LogP contribution in [-0.2, 0) is 11.3 Å². The van der Waals surface area contributed by atoms with Crippen molar-refractivity contribution >= 4 is 40.5 Å². The summed E-state index contributed by atoms with van der Waals surface area (Å²) in [6.45, 7) is 6.26. The topological polar surface area (TPSA) is 27.7 Å². The molecule has 128 valence electrons. The van der Waals surface area contributed by atoms with Crippen LogP contribution in [0.25, 0.3) is 0 Å². The highest BCUT2D eigenvalue weighted by Gasteiger charge is 2.19. The minimum atomic E-state index is 0.675. The summed E-state index contributed by atoms with van der Waals surface area (Å²) in [4.78, 5) is 4.61. The van der Waals surface area contributed by atoms with E-state index in [2.05, 4.69) is 15.1 Å². The molecule has 0 bridgehead atoms. The first-order valence-corrected chi connectivity index (χ1v) is 8.94. The predicted octanol–water partition coefficient (Wildman–Crippen LogP) is 3.02. The maximum Gasteiger partial charge on any atom is 0.169 e. The zero-order chi connectivity index (χ0) is 16.7. The number of hydrogen-bond donors (Lipinski definition) is 1. The van der Waals surface area contributed by atoms with Gasteiger partial charge in [-0.1, -0.05) is 29.3 Å². The van der Waals surface area contributed by atoms with Crippen molar-refractivity contribution in [2.75, 3.05) is 46.4 Å². The first-order valence-electron chi connectivity index (χ1n) is 7.78. The molecule has 7 heteroatoms. The summed E-state index contributed by atoms with van der Waals surface area (Å²) in [6.07, 6.45) is 0.964. The fraction of sp³-hybridized carbons (Fsp3) is 0.562. The second-order valence-corrected chi connectivity index (χ2v) is 6.81. The number of thiocarbonyl (C=S) groups is 1. The lowest BCUT2D eigenvalue weighted by Crippen LogP contribution is -2.51. The van der Waals surface area contributed by atoms with Crippen molar-refractivity contribution in [2.45, 2.75) is 13.0 Å². The smallest absolute Gasteiger partial charge is 0.169 e. The molecule has 0 radical (unpaired) electrons. The molecule has 0 saturated carbocycles. The molecule has 2 rings (SSSR count). The van der Waals surface area contributed by atoms with Crippen molar-refractivity contribution in [1.82, 2.24) is 15.1 Å². The van der Waals surface area contributed by atoms with Gasteiger partial charge in [0.1, 0.15) is 0 Å². The molecule has 1 aliphatic heterocycles. The molecule has 1 N–H and O–H groups in total. The van der Waals surface area contributed by atoms with E-state index in [1.807, 2.05) is 12.1 Å². The van der Waals surface area contributed by atoms with Crippen LogP contribution in [0, 0.1) is 0 Å². The molecule has 0 spiro atoms. The Morgan fingerprint density at radius 2 is 2.00 bits per heavy atom. The Kier molecular flexibility index (Phi) is 7.86. The fourth-order valence-electron chi connectivity index (χ4n) is 2.52. The van der Waals surface area contributed by atoms with E-state index in [0.717, 1.165) is 68.0 Å². The molecule has 1 fully saturated rings. The molecule has 0 aliphatic carbocycles. The van der Waals surface area contributed by atoms with Crippen molar-refractivity contribution < 1.29 is 4.74 Å². The van der Waals surface area contributed by atoms with Crippen molar-refractivity contribution in [3.8, 4) is 0 Å². The molecular weight excluding hydrogens is 353 g/mol. The number of methoxy groups -OCH3 is 1. The van der Waals surface area contributed by atoms with Crippen molar-refractivity contribution in [3.05, 3.63) is 33.8 Å². The van der Waals surface area contributed by atoms with Gasteiger partial charge in [-0.2, -0.15) is 0 Å². The fourth-order valence-corrected chi connectivity index (χ4v) is 3.28. The lowest BCUT2D eigenvalue weighted by atomic mass is 10.2. The van der Waals surface area contributed by atoms with Gasteiger partial charge in [0.25, 0.3) is 0 Å². The van der Waals surface area contributed by atoms with Crippen LogP contribution in [0.5, 0.6) is 0 Å². The molecule has 1 aromatic rings. The molecule has 1 saturated heterocycles. The van der Waals surface area contributed by atoms with Crippen molar-refractivity contribution in [2.24, 2.45) is 0 Å². The number of ether oxygens (including phenoxy) is 1. The molecule has 0 unspecified atom stereocenters. The third kappa shape index (κ3) is 6.08. The Morgan fingerprint density at radius 3 is 2.65 bits per heavy atom. The van der Waals surface area contributed by atoms with Crippen LogP contribution < -0.4 is 5.32 Å². The summed E-state index contributed by atoms with van der Waals surface area (Å²) < 4.78 is 5.03. The third-order valence-corrected chi connectivity index (χ3v) is 4.86. The minimum absolute atomic E-state index is 0.675. The first kappa shape index (κ1) is 18.7. The second-order valence-electron chi connectivity index (χ2n) is 5.58. The number of rotatable bonds is 6. The highest BCUT2D eigenvalue weighted by Crippen LogP contribution is 2.22. The Labute approximate surface area is 153 Å². The van der Waals surface area contributed by atoms with E-state index in [-0.39, 0.29) is 0 Å². The SMILES string of the molecule is COCCCNC(=S)N1CCN(Cc2ccc(Cl)cc2Cl)CC1. The van der Waals surface area contributed by atoms with Crippen molar-refractivity contribution in [3.63, 3.8) is 0 Å². The van der Waals surface area contributed by atoms with E-state index in [4.69, 9.17) is 40.2 Å². The van der Waals surface area contributed by atoms with Crippen LogP contribution in [0.3, 0.4) is 0 Å². The van der Waals surface area contributed by atoms with E-state index >= 15 is 0 Å². The van der Waals surface area contributed by atoms with Gasteiger partial charge in [0.2, 0.25) is 0 Å². The Bertz CT molecular complexity index is 522. The number of piperazine rings is 1. The molecule has 0 amide bonds. The molecule has 1 aromatic carbocycles. The van der Waals surface area contributed by atoms with E-state index in [9.17, 15) is 0 Å². The molecule has 1 aliphatic rings. The average Bonchev–Trinajstić information content (AvgIpc) is 2.55. The summed E-state index contributed by atoms with van der Waals surface area (Å²) in [6, 6.07) is 5.69. The summed E-state index contributed by atoms with van der Waals surface area (Å²) in [7, 11) is 1.71. The van der Waals surface area contributed by atoms with Gasteiger partial charge in [-0.25, -0.2) is 0 Å². The average molecular weight is 376 g/mol. The Balaban J connectivity index is 1.74. The summed E-state index contributed by atoms with van der Waals surface area (Å²) in [5, 5.41) is 5.53. The number of benzene rings is 1. The monoisotopic (exact) mass is 375 g/mol. The Morgan fingerprint density at radius 1 is 1.26 bits per heavy atom. The van der Waals surface area contributed by atoms with Gasteiger partial charge in [0.15, 0.2) is 5.11 Å². The molecule has 0 atom stereocenters. The number of halogens is 2. The number of nitrogens with zero attached hydrogens (tertiary/aromatic N) is 2. The highest BCUT2D eigenvalue weighted by molar-refractivity contribution is 7.80. The van der Waals surface area contributed by atoms with E-state index < -0.39 is 0 Å². The predicted molar refractivity (Wildman–Crippen MR) is 100 cm³/mol. The summed E-state index contributed by atoms with van der Waals surface area (Å²) >= 11 is 17.6. The quantitative estimate of drug-likeness (QED) is 0.609. The van der Waals surface area contributed by atoms with Crippen LogP contribution in [-0.4, -0.2) is 61.4 Å². The van der Waals surface area contributed by atoms with Crippen LogP contribution in [0.15, 0.2) is 18.2 Å². The van der Waals surface area contributed by atoms with Crippen LogP contribution in [0.4, 0.5) is 0 Å². The van der Waals surface area contributed by atoms with Gasteiger partial charge in [0.05, 0.1) is 0 Å². The van der Waals surface area contributed by atoms with Gasteiger partial charge in [0, 0.05) is 63.0 Å². The normalized spacial score (nSPS) is 15.7. The molecule has 23 heavy (non-hydrogen) atoms. The van der Waals surface area contributed by atoms with E-state index in [1.165, 1.54) is 0 Å². The van der Waals surface area contributed by atoms with Gasteiger partial charge in [-0.15, -0.1) is 0 Å². The van der Waals surface area contributed by atoms with Crippen LogP contribution in [0.1, 0.15) is 12.0 Å². The van der Waals surface area contributed by atoms with Gasteiger partial charge in [-0.05, 0) is 36.3 Å². The summed E-state index contributed by atoms with van der Waals surface area (Å²) in [5.41, 5.74) is 1.12. The standard InChI is InChI=1S/C16H23Cl2N3OS/c1-22-10-2-5-19-16(23)21-8-6-20(7-9-21)12-13-3-4-14(17)11-15(13)18/h3-4,11H,2,5-10,12H2,1H3,(H,19,23). The van der Waals surface area contributed by atoms with Crippen LogP contribution >= 0.6 is 35.4 Å². The maximum atomic E-state index is 6.25. The lowest BCUT2D eigenvalue weighted by molar-refractivity contribution is 0.173. The van der Waals surface area contributed by atoms with Gasteiger partial charge < -0.3 is 15.0 Å². The molecule has 4 nitrogen and oxygen atoms in total. The lowest BCUT2D eigenvalue weighted by Gasteiger charge is -2.36. The largest absolute Gasteiger partial charge is 0.385 e. The van der Waals surface area contributed by atoms with Crippen LogP contribution in [0.2, 0.25) is 10.0 Å².